The molecular formula is C12H16FN3. The number of hydrogen-bond donors (Lipinski definition) is 1. The molecule has 0 aliphatic heterocycles. The van der Waals surface area contributed by atoms with Gasteiger partial charge < -0.3 is 10.6 Å². The molecule has 3 nitrogen and oxygen atoms in total. The topological polar surface area (TPSA) is 42.2 Å². The first-order chi connectivity index (χ1) is 7.77. The molecule has 4 heteroatoms. The minimum atomic E-state index is -0.293. The molecule has 2 N–H and O–H groups in total. The summed E-state index contributed by atoms with van der Waals surface area (Å²) in [5.74, 6) is 0.115. The highest BCUT2D eigenvalue weighted by atomic mass is 19.1. The monoisotopic (exact) mass is 221 g/mol. The Morgan fingerprint density at radius 3 is 2.94 bits per heavy atom. The lowest BCUT2D eigenvalue weighted by molar-refractivity contribution is 0.595. The van der Waals surface area contributed by atoms with Crippen molar-refractivity contribution >= 4 is 5.82 Å². The van der Waals surface area contributed by atoms with Gasteiger partial charge in [0.15, 0.2) is 11.6 Å². The Balaban J connectivity index is 2.32. The van der Waals surface area contributed by atoms with Crippen LogP contribution in [0.1, 0.15) is 18.4 Å². The van der Waals surface area contributed by atoms with Gasteiger partial charge in [0.1, 0.15) is 0 Å². The maximum absolute atomic E-state index is 14.0. The number of hydrogen-bond acceptors (Lipinski definition) is 3. The van der Waals surface area contributed by atoms with Gasteiger partial charge in [-0.1, -0.05) is 6.08 Å². The number of pyridine rings is 1. The third-order valence-electron chi connectivity index (χ3n) is 2.76. The van der Waals surface area contributed by atoms with Crippen molar-refractivity contribution in [1.29, 1.82) is 0 Å². The number of anilines is 1. The smallest absolute Gasteiger partial charge is 0.170 e. The van der Waals surface area contributed by atoms with Gasteiger partial charge in [-0.05, 0) is 18.9 Å². The molecule has 0 aromatic carbocycles. The highest BCUT2D eigenvalue weighted by Crippen LogP contribution is 2.32. The molecule has 1 saturated carbocycles. The Morgan fingerprint density at radius 2 is 2.38 bits per heavy atom. The van der Waals surface area contributed by atoms with Crippen LogP contribution in [0.3, 0.4) is 0 Å². The molecule has 16 heavy (non-hydrogen) atoms. The first kappa shape index (κ1) is 11.1. The summed E-state index contributed by atoms with van der Waals surface area (Å²) in [7, 11) is 0. The fraction of sp³-hybridized carbons (Fsp3) is 0.417. The van der Waals surface area contributed by atoms with Crippen molar-refractivity contribution in [2.45, 2.75) is 25.4 Å². The molecule has 1 aromatic rings. The van der Waals surface area contributed by atoms with E-state index < -0.39 is 0 Å². The third-order valence-corrected chi connectivity index (χ3v) is 2.76. The summed E-state index contributed by atoms with van der Waals surface area (Å²) in [4.78, 5) is 6.07. The number of rotatable bonds is 5. The highest BCUT2D eigenvalue weighted by molar-refractivity contribution is 5.46. The van der Waals surface area contributed by atoms with E-state index in [1.54, 1.807) is 18.3 Å². The Morgan fingerprint density at radius 1 is 1.62 bits per heavy atom. The predicted octanol–water partition coefficient (Wildman–Crippen LogP) is 1.83. The SMILES string of the molecule is C=CCN(c1nccc(CN)c1F)C1CC1. The number of nitrogens with two attached hydrogens (primary N) is 1. The fourth-order valence-electron chi connectivity index (χ4n) is 1.76. The lowest BCUT2D eigenvalue weighted by Crippen LogP contribution is -2.28. The second-order valence-electron chi connectivity index (χ2n) is 3.98. The molecule has 0 atom stereocenters. The lowest BCUT2D eigenvalue weighted by Gasteiger charge is -2.22. The molecule has 0 spiro atoms. The zero-order valence-electron chi connectivity index (χ0n) is 9.19. The minimum Gasteiger partial charge on any atom is -0.347 e. The first-order valence-corrected chi connectivity index (χ1v) is 5.49. The Kier molecular flexibility index (Phi) is 3.19. The average Bonchev–Trinajstić information content (AvgIpc) is 3.11. The number of nitrogens with zero attached hydrogens (tertiary/aromatic N) is 2. The van der Waals surface area contributed by atoms with Crippen LogP contribution in [0, 0.1) is 5.82 Å². The predicted molar refractivity (Wildman–Crippen MR) is 62.7 cm³/mol. The van der Waals surface area contributed by atoms with E-state index in [9.17, 15) is 4.39 Å². The third kappa shape index (κ3) is 2.07. The summed E-state index contributed by atoms with van der Waals surface area (Å²) in [6.45, 7) is 4.52. The van der Waals surface area contributed by atoms with Crippen LogP contribution in [-0.2, 0) is 6.54 Å². The van der Waals surface area contributed by atoms with Crippen molar-refractivity contribution in [3.05, 3.63) is 36.3 Å². The van der Waals surface area contributed by atoms with Gasteiger partial charge in [0.25, 0.3) is 0 Å². The maximum Gasteiger partial charge on any atom is 0.170 e. The van der Waals surface area contributed by atoms with Crippen molar-refractivity contribution in [2.24, 2.45) is 5.73 Å². The van der Waals surface area contributed by atoms with Crippen LogP contribution >= 0.6 is 0 Å². The Labute approximate surface area is 94.8 Å². The zero-order chi connectivity index (χ0) is 11.5. The number of aromatic nitrogens is 1. The molecular weight excluding hydrogens is 205 g/mol. The lowest BCUT2D eigenvalue weighted by atomic mass is 10.2. The summed E-state index contributed by atoms with van der Waals surface area (Å²) < 4.78 is 14.0. The normalized spacial score (nSPS) is 14.9. The Hall–Kier alpha value is -1.42. The molecule has 0 radical (unpaired) electrons. The van der Waals surface area contributed by atoms with Gasteiger partial charge >= 0.3 is 0 Å². The van der Waals surface area contributed by atoms with Crippen molar-refractivity contribution in [2.75, 3.05) is 11.4 Å². The van der Waals surface area contributed by atoms with Crippen molar-refractivity contribution in [3.63, 3.8) is 0 Å². The molecule has 1 aliphatic carbocycles. The zero-order valence-corrected chi connectivity index (χ0v) is 9.19. The van der Waals surface area contributed by atoms with Gasteiger partial charge in [0.2, 0.25) is 0 Å². The highest BCUT2D eigenvalue weighted by Gasteiger charge is 2.31. The van der Waals surface area contributed by atoms with Gasteiger partial charge in [0.05, 0.1) is 0 Å². The maximum atomic E-state index is 14.0. The van der Waals surface area contributed by atoms with Crippen molar-refractivity contribution in [3.8, 4) is 0 Å². The molecule has 1 aromatic heterocycles. The Bertz CT molecular complexity index is 388. The van der Waals surface area contributed by atoms with E-state index in [0.717, 1.165) is 12.8 Å². The summed E-state index contributed by atoms with van der Waals surface area (Å²) in [6, 6.07) is 2.03. The van der Waals surface area contributed by atoms with E-state index in [4.69, 9.17) is 5.73 Å². The minimum absolute atomic E-state index is 0.202. The second-order valence-corrected chi connectivity index (χ2v) is 3.98. The summed E-state index contributed by atoms with van der Waals surface area (Å²) in [5, 5.41) is 0. The van der Waals surface area contributed by atoms with Crippen LogP contribution < -0.4 is 10.6 Å². The van der Waals surface area contributed by atoms with Crippen molar-refractivity contribution < 1.29 is 4.39 Å². The van der Waals surface area contributed by atoms with Gasteiger partial charge in [-0.3, -0.25) is 0 Å². The first-order valence-electron chi connectivity index (χ1n) is 5.49. The van der Waals surface area contributed by atoms with E-state index in [-0.39, 0.29) is 12.4 Å². The standard InChI is InChI=1S/C12H16FN3/c1-2-7-16(10-3-4-10)12-11(13)9(8-14)5-6-15-12/h2,5-6,10H,1,3-4,7-8,14H2. The number of halogens is 1. The van der Waals surface area contributed by atoms with E-state index in [1.807, 2.05) is 4.90 Å². The van der Waals surface area contributed by atoms with Crippen LogP contribution in [0.5, 0.6) is 0 Å². The van der Waals surface area contributed by atoms with Gasteiger partial charge in [0, 0.05) is 30.9 Å². The summed E-state index contributed by atoms with van der Waals surface area (Å²) >= 11 is 0. The molecule has 0 unspecified atom stereocenters. The van der Waals surface area contributed by atoms with Gasteiger partial charge in [-0.25, -0.2) is 9.37 Å². The van der Waals surface area contributed by atoms with Crippen LogP contribution in [0.15, 0.2) is 24.9 Å². The summed E-state index contributed by atoms with van der Waals surface area (Å²) in [5.41, 5.74) is 5.99. The molecule has 86 valence electrons. The van der Waals surface area contributed by atoms with E-state index in [0.29, 0.717) is 24.0 Å². The molecule has 1 heterocycles. The van der Waals surface area contributed by atoms with Crippen molar-refractivity contribution in [1.82, 2.24) is 4.98 Å². The van der Waals surface area contributed by atoms with E-state index in [1.165, 1.54) is 0 Å². The van der Waals surface area contributed by atoms with Gasteiger partial charge in [-0.15, -0.1) is 6.58 Å². The van der Waals surface area contributed by atoms with Gasteiger partial charge in [-0.2, -0.15) is 0 Å². The second kappa shape index (κ2) is 4.61. The van der Waals surface area contributed by atoms with Crippen LogP contribution in [0.25, 0.3) is 0 Å². The largest absolute Gasteiger partial charge is 0.347 e. The molecule has 1 aliphatic rings. The van der Waals surface area contributed by atoms with E-state index in [2.05, 4.69) is 11.6 Å². The average molecular weight is 221 g/mol. The molecule has 0 saturated heterocycles. The fourth-order valence-corrected chi connectivity index (χ4v) is 1.76. The van der Waals surface area contributed by atoms with Crippen LogP contribution in [-0.4, -0.2) is 17.6 Å². The molecule has 0 amide bonds. The molecule has 1 fully saturated rings. The quantitative estimate of drug-likeness (QED) is 0.771. The van der Waals surface area contributed by atoms with Crippen LogP contribution in [0.2, 0.25) is 0 Å². The molecule has 0 bridgehead atoms. The molecule has 2 rings (SSSR count). The summed E-state index contributed by atoms with van der Waals surface area (Å²) in [6.07, 6.45) is 5.58. The van der Waals surface area contributed by atoms with E-state index >= 15 is 0 Å². The van der Waals surface area contributed by atoms with Crippen LogP contribution in [0.4, 0.5) is 10.2 Å².